The minimum atomic E-state index is -0.270. The van der Waals surface area contributed by atoms with Gasteiger partial charge in [-0.2, -0.15) is 0 Å². The summed E-state index contributed by atoms with van der Waals surface area (Å²) in [6.45, 7) is 2.01. The molecule has 3 heterocycles. The Labute approximate surface area is 172 Å². The van der Waals surface area contributed by atoms with Gasteiger partial charge in [-0.15, -0.1) is 0 Å². The van der Waals surface area contributed by atoms with Gasteiger partial charge in [0.05, 0.1) is 11.4 Å². The molecule has 0 aliphatic carbocycles. The first kappa shape index (κ1) is 17.9. The molecule has 1 aliphatic heterocycles. The van der Waals surface area contributed by atoms with Crippen molar-refractivity contribution in [3.63, 3.8) is 0 Å². The molecule has 148 valence electrons. The van der Waals surface area contributed by atoms with Crippen molar-refractivity contribution in [2.75, 3.05) is 17.2 Å². The molecule has 0 saturated carbocycles. The van der Waals surface area contributed by atoms with Crippen LogP contribution in [-0.2, 0) is 4.79 Å². The van der Waals surface area contributed by atoms with E-state index in [2.05, 4.69) is 10.6 Å². The van der Waals surface area contributed by atoms with Crippen LogP contribution in [-0.4, -0.2) is 27.8 Å². The van der Waals surface area contributed by atoms with E-state index < -0.39 is 0 Å². The van der Waals surface area contributed by atoms with Crippen molar-refractivity contribution in [3.8, 4) is 17.0 Å². The Morgan fingerprint density at radius 2 is 2.00 bits per heavy atom. The van der Waals surface area contributed by atoms with Gasteiger partial charge in [0, 0.05) is 29.2 Å². The van der Waals surface area contributed by atoms with Gasteiger partial charge in [0.25, 0.3) is 11.8 Å². The quantitative estimate of drug-likeness (QED) is 0.548. The lowest BCUT2D eigenvalue weighted by atomic mass is 10.1. The van der Waals surface area contributed by atoms with E-state index in [4.69, 9.17) is 9.72 Å². The number of nitrogens with one attached hydrogen (secondary N) is 2. The van der Waals surface area contributed by atoms with E-state index >= 15 is 0 Å². The summed E-state index contributed by atoms with van der Waals surface area (Å²) in [5.41, 5.74) is 5.46. The van der Waals surface area contributed by atoms with Gasteiger partial charge >= 0.3 is 0 Å². The number of nitrogens with zero attached hydrogens (tertiary/aromatic N) is 2. The number of carbonyl (C=O) groups excluding carboxylic acids is 2. The Balaban J connectivity index is 1.34. The number of pyridine rings is 1. The van der Waals surface area contributed by atoms with Crippen molar-refractivity contribution in [2.24, 2.45) is 0 Å². The van der Waals surface area contributed by atoms with Gasteiger partial charge in [-0.1, -0.05) is 18.2 Å². The maximum Gasteiger partial charge on any atom is 0.262 e. The summed E-state index contributed by atoms with van der Waals surface area (Å²) < 4.78 is 7.32. The summed E-state index contributed by atoms with van der Waals surface area (Å²) in [5, 5.41) is 5.58. The second-order valence-electron chi connectivity index (χ2n) is 7.13. The zero-order valence-electron chi connectivity index (χ0n) is 16.2. The van der Waals surface area contributed by atoms with Gasteiger partial charge in [0.15, 0.2) is 6.61 Å². The number of hydrogen-bond donors (Lipinski definition) is 2. The van der Waals surface area contributed by atoms with E-state index in [1.54, 1.807) is 18.2 Å². The van der Waals surface area contributed by atoms with Gasteiger partial charge in [-0.3, -0.25) is 9.59 Å². The number of fused-ring (bicyclic) bond motifs is 2. The van der Waals surface area contributed by atoms with Crippen LogP contribution in [0, 0.1) is 6.92 Å². The monoisotopic (exact) mass is 398 g/mol. The molecule has 0 atom stereocenters. The minimum Gasteiger partial charge on any atom is -0.482 e. The van der Waals surface area contributed by atoms with E-state index in [9.17, 15) is 9.59 Å². The molecule has 7 nitrogen and oxygen atoms in total. The number of hydrogen-bond acceptors (Lipinski definition) is 4. The summed E-state index contributed by atoms with van der Waals surface area (Å²) >= 11 is 0. The third kappa shape index (κ3) is 3.26. The fourth-order valence-corrected chi connectivity index (χ4v) is 3.44. The van der Waals surface area contributed by atoms with Crippen LogP contribution in [0.2, 0.25) is 0 Å². The maximum absolute atomic E-state index is 12.6. The first-order valence-electron chi connectivity index (χ1n) is 9.50. The molecule has 0 bridgehead atoms. The van der Waals surface area contributed by atoms with E-state index in [0.29, 0.717) is 22.7 Å². The lowest BCUT2D eigenvalue weighted by Gasteiger charge is -2.18. The highest BCUT2D eigenvalue weighted by atomic mass is 16.5. The second-order valence-corrected chi connectivity index (χ2v) is 7.13. The molecule has 4 aromatic rings. The van der Waals surface area contributed by atoms with Crippen LogP contribution < -0.4 is 15.4 Å². The van der Waals surface area contributed by atoms with Gasteiger partial charge in [-0.25, -0.2) is 4.98 Å². The van der Waals surface area contributed by atoms with Gasteiger partial charge in [-0.05, 0) is 48.9 Å². The number of aryl methyl sites for hydroxylation is 1. The number of imidazole rings is 1. The fraction of sp³-hybridized carbons (Fsp3) is 0.0870. The van der Waals surface area contributed by atoms with Crippen molar-refractivity contribution in [2.45, 2.75) is 6.92 Å². The average molecular weight is 398 g/mol. The molecule has 2 aromatic carbocycles. The van der Waals surface area contributed by atoms with Crippen LogP contribution in [0.1, 0.15) is 15.9 Å². The Morgan fingerprint density at radius 3 is 2.80 bits per heavy atom. The number of carbonyl (C=O) groups is 2. The normalized spacial score (nSPS) is 12.8. The number of anilines is 2. The molecule has 0 unspecified atom stereocenters. The highest BCUT2D eigenvalue weighted by molar-refractivity contribution is 6.06. The van der Waals surface area contributed by atoms with Crippen LogP contribution >= 0.6 is 0 Å². The molecule has 0 fully saturated rings. The largest absolute Gasteiger partial charge is 0.482 e. The molecular formula is C23H18N4O3. The summed E-state index contributed by atoms with van der Waals surface area (Å²) in [5.74, 6) is 0.0460. The lowest BCUT2D eigenvalue weighted by molar-refractivity contribution is -0.118. The number of benzene rings is 2. The molecule has 2 N–H and O–H groups in total. The first-order chi connectivity index (χ1) is 14.6. The van der Waals surface area contributed by atoms with Crippen LogP contribution in [0.25, 0.3) is 16.9 Å². The van der Waals surface area contributed by atoms with Gasteiger partial charge < -0.3 is 19.8 Å². The SMILES string of the molecule is Cc1cccn2cc(-c3ccc(NC(=O)c4ccc5c(c4)NC(=O)CO5)cc3)nc12. The minimum absolute atomic E-state index is 0.0171. The van der Waals surface area contributed by atoms with E-state index in [1.807, 2.05) is 60.1 Å². The molecule has 2 amide bonds. The summed E-state index contributed by atoms with van der Waals surface area (Å²) in [7, 11) is 0. The zero-order valence-corrected chi connectivity index (χ0v) is 16.2. The fourth-order valence-electron chi connectivity index (χ4n) is 3.44. The van der Waals surface area contributed by atoms with E-state index in [1.165, 1.54) is 0 Å². The second kappa shape index (κ2) is 7.04. The smallest absolute Gasteiger partial charge is 0.262 e. The highest BCUT2D eigenvalue weighted by Crippen LogP contribution is 2.29. The Bertz CT molecular complexity index is 1290. The Hall–Kier alpha value is -4.13. The summed E-state index contributed by atoms with van der Waals surface area (Å²) in [6.07, 6.45) is 3.96. The molecule has 0 radical (unpaired) electrons. The van der Waals surface area contributed by atoms with E-state index in [-0.39, 0.29) is 18.4 Å². The molecule has 0 saturated heterocycles. The molecule has 1 aliphatic rings. The maximum atomic E-state index is 12.6. The standard InChI is InChI=1S/C23H18N4O3/c1-14-3-2-10-27-12-19(26-22(14)27)15-4-7-17(8-5-15)24-23(29)16-6-9-20-18(11-16)25-21(28)13-30-20/h2-12H,13H2,1H3,(H,24,29)(H,25,28). The van der Waals surface area contributed by atoms with Crippen LogP contribution in [0.5, 0.6) is 5.75 Å². The van der Waals surface area contributed by atoms with Crippen LogP contribution in [0.4, 0.5) is 11.4 Å². The van der Waals surface area contributed by atoms with E-state index in [0.717, 1.165) is 22.5 Å². The predicted molar refractivity (Wildman–Crippen MR) is 114 cm³/mol. The molecule has 2 aromatic heterocycles. The first-order valence-corrected chi connectivity index (χ1v) is 9.50. The van der Waals surface area contributed by atoms with Gasteiger partial charge in [0.1, 0.15) is 11.4 Å². The molecule has 0 spiro atoms. The van der Waals surface area contributed by atoms with Crippen LogP contribution in [0.15, 0.2) is 67.0 Å². The van der Waals surface area contributed by atoms with Crippen molar-refractivity contribution in [1.29, 1.82) is 0 Å². The molecule has 30 heavy (non-hydrogen) atoms. The number of aromatic nitrogens is 2. The molecular weight excluding hydrogens is 380 g/mol. The highest BCUT2D eigenvalue weighted by Gasteiger charge is 2.18. The van der Waals surface area contributed by atoms with Crippen molar-refractivity contribution >= 4 is 28.8 Å². The number of rotatable bonds is 3. The van der Waals surface area contributed by atoms with Crippen molar-refractivity contribution in [3.05, 3.63) is 78.1 Å². The number of amides is 2. The third-order valence-electron chi connectivity index (χ3n) is 4.99. The third-order valence-corrected chi connectivity index (χ3v) is 4.99. The average Bonchev–Trinajstić information content (AvgIpc) is 3.19. The Kier molecular flexibility index (Phi) is 4.21. The zero-order chi connectivity index (χ0) is 20.7. The molecule has 7 heteroatoms. The van der Waals surface area contributed by atoms with Crippen molar-refractivity contribution < 1.29 is 14.3 Å². The van der Waals surface area contributed by atoms with Crippen LogP contribution in [0.3, 0.4) is 0 Å². The predicted octanol–water partition coefficient (Wildman–Crippen LogP) is 3.89. The molecule has 5 rings (SSSR count). The Morgan fingerprint density at radius 1 is 1.17 bits per heavy atom. The summed E-state index contributed by atoms with van der Waals surface area (Å²) in [4.78, 5) is 28.8. The lowest BCUT2D eigenvalue weighted by Crippen LogP contribution is -2.25. The number of ether oxygens (including phenoxy) is 1. The van der Waals surface area contributed by atoms with Gasteiger partial charge in [0.2, 0.25) is 0 Å². The van der Waals surface area contributed by atoms with Crippen molar-refractivity contribution in [1.82, 2.24) is 9.38 Å². The summed E-state index contributed by atoms with van der Waals surface area (Å²) in [6, 6.07) is 16.5. The topological polar surface area (TPSA) is 84.7 Å².